The Morgan fingerprint density at radius 2 is 1.55 bits per heavy atom. The van der Waals surface area contributed by atoms with Gasteiger partial charge < -0.3 is 24.4 Å². The summed E-state index contributed by atoms with van der Waals surface area (Å²) in [7, 11) is 4.52. The van der Waals surface area contributed by atoms with Crippen LogP contribution >= 0.6 is 0 Å². The smallest absolute Gasteiger partial charge is 0.258 e. The van der Waals surface area contributed by atoms with Crippen molar-refractivity contribution < 1.29 is 23.8 Å². The molecular weight excluding hydrogens is 420 g/mol. The highest BCUT2D eigenvalue weighted by Crippen LogP contribution is 2.38. The van der Waals surface area contributed by atoms with Crippen LogP contribution < -0.4 is 24.4 Å². The lowest BCUT2D eigenvalue weighted by Crippen LogP contribution is -2.35. The van der Waals surface area contributed by atoms with E-state index in [-0.39, 0.29) is 11.8 Å². The number of nitrogens with zero attached hydrogens (tertiary/aromatic N) is 1. The normalized spacial score (nSPS) is 12.5. The van der Waals surface area contributed by atoms with Crippen molar-refractivity contribution in [3.05, 3.63) is 77.4 Å². The van der Waals surface area contributed by atoms with Crippen molar-refractivity contribution in [3.8, 4) is 17.2 Å². The molecule has 0 atom stereocenters. The van der Waals surface area contributed by atoms with Crippen molar-refractivity contribution in [2.75, 3.05) is 38.1 Å². The predicted octanol–water partition coefficient (Wildman–Crippen LogP) is 4.56. The summed E-state index contributed by atoms with van der Waals surface area (Å²) in [5.74, 6) is 0.909. The number of amides is 2. The van der Waals surface area contributed by atoms with E-state index in [0.29, 0.717) is 40.6 Å². The zero-order chi connectivity index (χ0) is 23.4. The Balaban J connectivity index is 1.57. The molecule has 0 aliphatic carbocycles. The quantitative estimate of drug-likeness (QED) is 0.601. The Labute approximate surface area is 192 Å². The third-order valence-electron chi connectivity index (χ3n) is 5.65. The van der Waals surface area contributed by atoms with Crippen LogP contribution in [0.4, 0.5) is 11.4 Å². The number of benzene rings is 3. The van der Waals surface area contributed by atoms with Gasteiger partial charge in [0.2, 0.25) is 5.75 Å². The maximum absolute atomic E-state index is 13.0. The van der Waals surface area contributed by atoms with E-state index < -0.39 is 0 Å². The molecule has 7 heteroatoms. The Hall–Kier alpha value is -4.00. The molecule has 1 aliphatic rings. The minimum Gasteiger partial charge on any atom is -0.493 e. The lowest BCUT2D eigenvalue weighted by atomic mass is 10.00. The van der Waals surface area contributed by atoms with Gasteiger partial charge in [-0.15, -0.1) is 0 Å². The first-order chi connectivity index (χ1) is 16.0. The van der Waals surface area contributed by atoms with E-state index in [4.69, 9.17) is 14.2 Å². The molecule has 0 bridgehead atoms. The van der Waals surface area contributed by atoms with Crippen molar-refractivity contribution >= 4 is 23.2 Å². The molecule has 33 heavy (non-hydrogen) atoms. The molecule has 7 nitrogen and oxygen atoms in total. The first-order valence-corrected chi connectivity index (χ1v) is 10.7. The van der Waals surface area contributed by atoms with Crippen molar-refractivity contribution in [2.24, 2.45) is 0 Å². The van der Waals surface area contributed by atoms with Gasteiger partial charge in [-0.25, -0.2) is 0 Å². The second-order valence-corrected chi connectivity index (χ2v) is 7.64. The molecule has 0 saturated heterocycles. The standard InChI is InChI=1S/C26H26N2O5/c1-31-22-15-19(16-23(32-2)24(22)33-3)25(29)27-20-11-12-21-18(14-20)10-7-13-28(21)26(30)17-8-5-4-6-9-17/h4-6,8-9,11-12,14-16H,7,10,13H2,1-3H3,(H,27,29). The minimum absolute atomic E-state index is 0.0224. The van der Waals surface area contributed by atoms with Crippen molar-refractivity contribution in [3.63, 3.8) is 0 Å². The number of fused-ring (bicyclic) bond motifs is 1. The van der Waals surface area contributed by atoms with Crippen LogP contribution in [0, 0.1) is 0 Å². The van der Waals surface area contributed by atoms with Gasteiger partial charge in [0.05, 0.1) is 21.3 Å². The molecule has 0 unspecified atom stereocenters. The van der Waals surface area contributed by atoms with Crippen LogP contribution in [-0.4, -0.2) is 39.7 Å². The van der Waals surface area contributed by atoms with Crippen molar-refractivity contribution in [2.45, 2.75) is 12.8 Å². The van der Waals surface area contributed by atoms with Crippen LogP contribution in [0.2, 0.25) is 0 Å². The van der Waals surface area contributed by atoms with E-state index in [0.717, 1.165) is 24.1 Å². The average molecular weight is 447 g/mol. The fraction of sp³-hybridized carbons (Fsp3) is 0.231. The first-order valence-electron chi connectivity index (χ1n) is 10.7. The molecule has 4 rings (SSSR count). The molecule has 3 aromatic rings. The third-order valence-corrected chi connectivity index (χ3v) is 5.65. The second-order valence-electron chi connectivity index (χ2n) is 7.64. The summed E-state index contributed by atoms with van der Waals surface area (Å²) in [5, 5.41) is 2.93. The second kappa shape index (κ2) is 9.65. The molecule has 2 amide bonds. The van der Waals surface area contributed by atoms with Crippen LogP contribution in [0.1, 0.15) is 32.7 Å². The fourth-order valence-electron chi connectivity index (χ4n) is 4.04. The van der Waals surface area contributed by atoms with Gasteiger partial charge >= 0.3 is 0 Å². The van der Waals surface area contributed by atoms with Crippen LogP contribution in [0.3, 0.4) is 0 Å². The maximum atomic E-state index is 13.0. The van der Waals surface area contributed by atoms with E-state index in [9.17, 15) is 9.59 Å². The highest BCUT2D eigenvalue weighted by Gasteiger charge is 2.24. The highest BCUT2D eigenvalue weighted by atomic mass is 16.5. The van der Waals surface area contributed by atoms with Gasteiger partial charge in [0.25, 0.3) is 11.8 Å². The fourth-order valence-corrected chi connectivity index (χ4v) is 4.04. The summed E-state index contributed by atoms with van der Waals surface area (Å²) in [5.41, 5.74) is 3.59. The first kappa shape index (κ1) is 22.2. The number of carbonyl (C=O) groups excluding carboxylic acids is 2. The lowest BCUT2D eigenvalue weighted by molar-refractivity contribution is 0.0983. The van der Waals surface area contributed by atoms with E-state index in [1.54, 1.807) is 17.0 Å². The summed E-state index contributed by atoms with van der Waals surface area (Å²) in [6, 6.07) is 18.1. The Kier molecular flexibility index (Phi) is 6.49. The van der Waals surface area contributed by atoms with Crippen LogP contribution in [0.25, 0.3) is 0 Å². The summed E-state index contributed by atoms with van der Waals surface area (Å²) < 4.78 is 16.0. The van der Waals surface area contributed by atoms with Gasteiger partial charge in [-0.2, -0.15) is 0 Å². The van der Waals surface area contributed by atoms with Gasteiger partial charge in [-0.3, -0.25) is 9.59 Å². The van der Waals surface area contributed by atoms with E-state index in [2.05, 4.69) is 5.32 Å². The van der Waals surface area contributed by atoms with E-state index in [1.165, 1.54) is 21.3 Å². The minimum atomic E-state index is -0.303. The molecule has 1 N–H and O–H groups in total. The molecule has 0 radical (unpaired) electrons. The molecule has 0 spiro atoms. The molecule has 3 aromatic carbocycles. The van der Waals surface area contributed by atoms with Gasteiger partial charge in [-0.05, 0) is 60.9 Å². The van der Waals surface area contributed by atoms with Gasteiger partial charge in [0, 0.05) is 29.0 Å². The van der Waals surface area contributed by atoms with Crippen molar-refractivity contribution in [1.82, 2.24) is 0 Å². The summed E-state index contributed by atoms with van der Waals surface area (Å²) in [6.45, 7) is 0.665. The largest absolute Gasteiger partial charge is 0.493 e. The molecule has 0 fully saturated rings. The molecule has 0 saturated carbocycles. The van der Waals surface area contributed by atoms with Crippen LogP contribution in [0.5, 0.6) is 17.2 Å². The van der Waals surface area contributed by atoms with Gasteiger partial charge in [-0.1, -0.05) is 18.2 Å². The van der Waals surface area contributed by atoms with Crippen molar-refractivity contribution in [1.29, 1.82) is 0 Å². The SMILES string of the molecule is COc1cc(C(=O)Nc2ccc3c(c2)CCCN3C(=O)c2ccccc2)cc(OC)c1OC. The number of hydrogen-bond donors (Lipinski definition) is 1. The monoisotopic (exact) mass is 446 g/mol. The summed E-state index contributed by atoms with van der Waals surface area (Å²) >= 11 is 0. The average Bonchev–Trinajstić information content (AvgIpc) is 2.87. The van der Waals surface area contributed by atoms with Gasteiger partial charge in [0.15, 0.2) is 11.5 Å². The zero-order valence-electron chi connectivity index (χ0n) is 18.9. The topological polar surface area (TPSA) is 77.1 Å². The summed E-state index contributed by atoms with van der Waals surface area (Å²) in [4.78, 5) is 27.8. The number of rotatable bonds is 6. The molecule has 1 aliphatic heterocycles. The molecular formula is C26H26N2O5. The Morgan fingerprint density at radius 1 is 0.848 bits per heavy atom. The van der Waals surface area contributed by atoms with Gasteiger partial charge in [0.1, 0.15) is 0 Å². The van der Waals surface area contributed by atoms with Crippen LogP contribution in [-0.2, 0) is 6.42 Å². The number of carbonyl (C=O) groups is 2. The number of ether oxygens (including phenoxy) is 3. The number of methoxy groups -OCH3 is 3. The maximum Gasteiger partial charge on any atom is 0.258 e. The predicted molar refractivity (Wildman–Crippen MR) is 127 cm³/mol. The van der Waals surface area contributed by atoms with Crippen LogP contribution in [0.15, 0.2) is 60.7 Å². The Bertz CT molecular complexity index is 1150. The number of aryl methyl sites for hydroxylation is 1. The molecule has 170 valence electrons. The number of hydrogen-bond acceptors (Lipinski definition) is 5. The lowest BCUT2D eigenvalue weighted by Gasteiger charge is -2.30. The molecule has 1 heterocycles. The molecule has 0 aromatic heterocycles. The van der Waals surface area contributed by atoms with E-state index in [1.807, 2.05) is 48.5 Å². The number of nitrogens with one attached hydrogen (secondary N) is 1. The third kappa shape index (κ3) is 4.48. The van der Waals surface area contributed by atoms with E-state index >= 15 is 0 Å². The summed E-state index contributed by atoms with van der Waals surface area (Å²) in [6.07, 6.45) is 1.69. The number of anilines is 2. The highest BCUT2D eigenvalue weighted by molar-refractivity contribution is 6.08. The Morgan fingerprint density at radius 3 is 2.18 bits per heavy atom. The zero-order valence-corrected chi connectivity index (χ0v) is 18.9.